The number of carbonyl (C=O) groups is 2. The van der Waals surface area contributed by atoms with Gasteiger partial charge in [0.1, 0.15) is 5.82 Å². The number of hydrogen-bond acceptors (Lipinski definition) is 4. The summed E-state index contributed by atoms with van der Waals surface area (Å²) in [7, 11) is 1.79. The molecule has 0 saturated carbocycles. The number of likely N-dealkylation sites (N-methyl/N-ethyl adjacent to an activating group) is 1. The Kier molecular flexibility index (Phi) is 10.8. The summed E-state index contributed by atoms with van der Waals surface area (Å²) in [5.74, 6) is 0.0384. The lowest BCUT2D eigenvalue weighted by atomic mass is 10.0. The molecule has 214 valence electrons. The summed E-state index contributed by atoms with van der Waals surface area (Å²) in [5, 5.41) is 6.70. The highest BCUT2D eigenvalue weighted by Gasteiger charge is 2.27. The van der Waals surface area contributed by atoms with Gasteiger partial charge in [0, 0.05) is 32.4 Å². The molecule has 2 amide bonds. The van der Waals surface area contributed by atoms with E-state index in [9.17, 15) is 14.0 Å². The van der Waals surface area contributed by atoms with Crippen LogP contribution in [0.5, 0.6) is 0 Å². The molecule has 0 radical (unpaired) electrons. The van der Waals surface area contributed by atoms with E-state index in [-0.39, 0.29) is 38.1 Å². The number of halogens is 1. The third-order valence-electron chi connectivity index (χ3n) is 7.26. The Morgan fingerprint density at radius 2 is 1.62 bits per heavy atom. The largest absolute Gasteiger partial charge is 0.355 e. The van der Waals surface area contributed by atoms with E-state index in [1.54, 1.807) is 18.1 Å². The van der Waals surface area contributed by atoms with E-state index in [2.05, 4.69) is 31.3 Å². The van der Waals surface area contributed by atoms with Crippen molar-refractivity contribution in [3.8, 4) is 11.1 Å². The first-order chi connectivity index (χ1) is 18.7. The van der Waals surface area contributed by atoms with Crippen LogP contribution >= 0.6 is 0 Å². The van der Waals surface area contributed by atoms with Crippen LogP contribution in [0.4, 0.5) is 10.1 Å². The minimum absolute atomic E-state index is 0. The summed E-state index contributed by atoms with van der Waals surface area (Å²) in [6.07, 6.45) is 1.95. The summed E-state index contributed by atoms with van der Waals surface area (Å²) in [4.78, 5) is 28.4. The third-order valence-corrected chi connectivity index (χ3v) is 7.26. The predicted octanol–water partition coefficient (Wildman–Crippen LogP) is 6.19. The zero-order chi connectivity index (χ0) is 27.9. The SMILES string of the molecule is C.Cc1ccc(-c2cccc(F)c2)cc1N(CC(=O)NCCCC(C)C)CC(=O)N(C)N1Cc2ccccc2C1. The summed E-state index contributed by atoms with van der Waals surface area (Å²) in [6, 6.07) is 20.5. The molecular formula is C33H43FN4O2. The van der Waals surface area contributed by atoms with Crippen LogP contribution in [0.3, 0.4) is 0 Å². The van der Waals surface area contributed by atoms with Crippen molar-refractivity contribution in [3.05, 3.63) is 89.2 Å². The van der Waals surface area contributed by atoms with Gasteiger partial charge in [-0.1, -0.05) is 69.8 Å². The molecule has 0 unspecified atom stereocenters. The number of nitrogens with one attached hydrogen (secondary N) is 1. The lowest BCUT2D eigenvalue weighted by molar-refractivity contribution is -0.145. The lowest BCUT2D eigenvalue weighted by Gasteiger charge is -2.32. The minimum Gasteiger partial charge on any atom is -0.355 e. The van der Waals surface area contributed by atoms with Crippen molar-refractivity contribution in [2.45, 2.75) is 54.1 Å². The van der Waals surface area contributed by atoms with Gasteiger partial charge < -0.3 is 10.2 Å². The first-order valence-electron chi connectivity index (χ1n) is 13.7. The zero-order valence-electron chi connectivity index (χ0n) is 23.4. The fourth-order valence-corrected chi connectivity index (χ4v) is 4.94. The Morgan fingerprint density at radius 1 is 0.950 bits per heavy atom. The summed E-state index contributed by atoms with van der Waals surface area (Å²) in [6.45, 7) is 8.32. The van der Waals surface area contributed by atoms with Gasteiger partial charge in [-0.05, 0) is 71.7 Å². The monoisotopic (exact) mass is 546 g/mol. The number of carbonyl (C=O) groups excluding carboxylic acids is 2. The van der Waals surface area contributed by atoms with Gasteiger partial charge in [0.2, 0.25) is 5.91 Å². The van der Waals surface area contributed by atoms with Gasteiger partial charge in [-0.3, -0.25) is 14.6 Å². The van der Waals surface area contributed by atoms with Crippen molar-refractivity contribution in [2.75, 3.05) is 31.6 Å². The van der Waals surface area contributed by atoms with Gasteiger partial charge in [0.15, 0.2) is 0 Å². The Hall–Kier alpha value is -3.71. The van der Waals surface area contributed by atoms with E-state index in [4.69, 9.17) is 0 Å². The lowest BCUT2D eigenvalue weighted by Crippen LogP contribution is -2.48. The van der Waals surface area contributed by atoms with Gasteiger partial charge in [0.05, 0.1) is 13.1 Å². The van der Waals surface area contributed by atoms with E-state index in [1.807, 2.05) is 53.2 Å². The van der Waals surface area contributed by atoms with Crippen LogP contribution in [0.25, 0.3) is 11.1 Å². The molecule has 3 aromatic rings. The van der Waals surface area contributed by atoms with Crippen molar-refractivity contribution in [2.24, 2.45) is 5.92 Å². The Bertz CT molecular complexity index is 1280. The number of fused-ring (bicyclic) bond motifs is 1. The fraction of sp³-hybridized carbons (Fsp3) is 0.394. The number of anilines is 1. The molecule has 3 aromatic carbocycles. The van der Waals surface area contributed by atoms with E-state index in [0.29, 0.717) is 25.6 Å². The molecule has 1 N–H and O–H groups in total. The normalized spacial score (nSPS) is 12.6. The van der Waals surface area contributed by atoms with Crippen LogP contribution in [-0.4, -0.2) is 48.5 Å². The number of amides is 2. The van der Waals surface area contributed by atoms with Crippen LogP contribution in [0.15, 0.2) is 66.7 Å². The maximum absolute atomic E-state index is 13.9. The van der Waals surface area contributed by atoms with Crippen molar-refractivity contribution in [1.29, 1.82) is 0 Å². The highest BCUT2D eigenvalue weighted by molar-refractivity contribution is 5.87. The van der Waals surface area contributed by atoms with Crippen molar-refractivity contribution in [1.82, 2.24) is 15.3 Å². The maximum Gasteiger partial charge on any atom is 0.256 e. The Labute approximate surface area is 238 Å². The molecule has 0 saturated heterocycles. The average Bonchev–Trinajstić information content (AvgIpc) is 3.35. The van der Waals surface area contributed by atoms with Gasteiger partial charge in [-0.15, -0.1) is 0 Å². The molecule has 1 aliphatic heterocycles. The second-order valence-electron chi connectivity index (χ2n) is 10.8. The van der Waals surface area contributed by atoms with Crippen LogP contribution in [0, 0.1) is 18.7 Å². The smallest absolute Gasteiger partial charge is 0.256 e. The van der Waals surface area contributed by atoms with Crippen molar-refractivity contribution < 1.29 is 14.0 Å². The van der Waals surface area contributed by atoms with Crippen LogP contribution in [0.2, 0.25) is 0 Å². The number of nitrogens with zero attached hydrogens (tertiary/aromatic N) is 3. The van der Waals surface area contributed by atoms with Crippen LogP contribution in [0.1, 0.15) is 50.8 Å². The van der Waals surface area contributed by atoms with E-state index >= 15 is 0 Å². The number of benzene rings is 3. The second kappa shape index (κ2) is 14.1. The number of hydrazine groups is 1. The van der Waals surface area contributed by atoms with Gasteiger partial charge in [0.25, 0.3) is 5.91 Å². The minimum atomic E-state index is -0.310. The molecule has 1 heterocycles. The Balaban J connectivity index is 0.00000441. The standard InChI is InChI=1S/C32H39FN4O2.CH4/c1-23(2)9-8-16-34-31(38)21-36(22-32(39)35(4)37-19-27-10-5-6-11-28(27)20-37)30-18-26(15-14-24(30)3)25-12-7-13-29(33)17-25;/h5-7,10-15,17-18,23H,8-9,16,19-22H2,1-4H3,(H,34,38);1H4. The summed E-state index contributed by atoms with van der Waals surface area (Å²) in [5.41, 5.74) is 5.72. The van der Waals surface area contributed by atoms with Crippen molar-refractivity contribution >= 4 is 17.5 Å². The zero-order valence-corrected chi connectivity index (χ0v) is 23.4. The molecule has 0 fully saturated rings. The summed E-state index contributed by atoms with van der Waals surface area (Å²) < 4.78 is 13.9. The first-order valence-corrected chi connectivity index (χ1v) is 13.7. The molecule has 0 atom stereocenters. The second-order valence-corrected chi connectivity index (χ2v) is 10.8. The number of aryl methyl sites for hydroxylation is 1. The molecule has 7 heteroatoms. The highest BCUT2D eigenvalue weighted by atomic mass is 19.1. The van der Waals surface area contributed by atoms with Gasteiger partial charge >= 0.3 is 0 Å². The number of hydrogen-bond donors (Lipinski definition) is 1. The molecule has 40 heavy (non-hydrogen) atoms. The summed E-state index contributed by atoms with van der Waals surface area (Å²) >= 11 is 0. The van der Waals surface area contributed by atoms with E-state index in [0.717, 1.165) is 35.2 Å². The third kappa shape index (κ3) is 7.92. The fourth-order valence-electron chi connectivity index (χ4n) is 4.94. The van der Waals surface area contributed by atoms with Crippen LogP contribution < -0.4 is 10.2 Å². The topological polar surface area (TPSA) is 55.9 Å². The van der Waals surface area contributed by atoms with Gasteiger partial charge in [-0.2, -0.15) is 0 Å². The quantitative estimate of drug-likeness (QED) is 0.292. The Morgan fingerprint density at radius 3 is 2.27 bits per heavy atom. The molecule has 4 rings (SSSR count). The molecule has 1 aliphatic rings. The number of rotatable bonds is 11. The van der Waals surface area contributed by atoms with Crippen molar-refractivity contribution in [3.63, 3.8) is 0 Å². The first kappa shape index (κ1) is 30.8. The molecule has 0 spiro atoms. The predicted molar refractivity (Wildman–Crippen MR) is 161 cm³/mol. The maximum atomic E-state index is 13.9. The van der Waals surface area contributed by atoms with E-state index in [1.165, 1.54) is 23.3 Å². The van der Waals surface area contributed by atoms with Gasteiger partial charge in [-0.25, -0.2) is 9.40 Å². The molecule has 0 aliphatic carbocycles. The highest BCUT2D eigenvalue weighted by Crippen LogP contribution is 2.29. The molecule has 6 nitrogen and oxygen atoms in total. The average molecular weight is 547 g/mol. The van der Waals surface area contributed by atoms with Crippen LogP contribution in [-0.2, 0) is 22.7 Å². The molecular weight excluding hydrogens is 503 g/mol. The molecule has 0 bridgehead atoms. The van der Waals surface area contributed by atoms with E-state index < -0.39 is 0 Å². The molecule has 0 aromatic heterocycles.